The second-order valence-electron chi connectivity index (χ2n) is 6.81. The maximum absolute atomic E-state index is 2.41. The molecule has 1 nitrogen and oxygen atoms in total. The average molecular weight is 259 g/mol. The molecule has 3 unspecified atom stereocenters. The van der Waals surface area contributed by atoms with Crippen LogP contribution in [-0.2, 0) is 0 Å². The lowest BCUT2D eigenvalue weighted by atomic mass is 9.69. The van der Waals surface area contributed by atoms with Crippen molar-refractivity contribution >= 4 is 0 Å². The molecule has 0 saturated carbocycles. The molecule has 0 aliphatic heterocycles. The van der Waals surface area contributed by atoms with E-state index < -0.39 is 0 Å². The normalized spacial score (nSPS) is 26.7. The van der Waals surface area contributed by atoms with Crippen molar-refractivity contribution < 1.29 is 0 Å². The fourth-order valence-electron chi connectivity index (χ4n) is 3.81. The minimum absolute atomic E-state index is 0.583. The Labute approximate surface area is 119 Å². The van der Waals surface area contributed by atoms with Gasteiger partial charge in [-0.2, -0.15) is 0 Å². The molecule has 0 amide bonds. The Hall–Kier alpha value is -0.820. The van der Waals surface area contributed by atoms with Crippen molar-refractivity contribution in [2.75, 3.05) is 14.1 Å². The van der Waals surface area contributed by atoms with Crippen LogP contribution in [0.3, 0.4) is 0 Å². The molecule has 106 valence electrons. The summed E-state index contributed by atoms with van der Waals surface area (Å²) in [6.07, 6.45) is 1.28. The molecular formula is C18H29N. The van der Waals surface area contributed by atoms with Crippen LogP contribution >= 0.6 is 0 Å². The predicted molar refractivity (Wildman–Crippen MR) is 84.0 cm³/mol. The van der Waals surface area contributed by atoms with Crippen LogP contribution < -0.4 is 0 Å². The Kier molecular flexibility index (Phi) is 3.79. The van der Waals surface area contributed by atoms with Crippen LogP contribution in [0.25, 0.3) is 0 Å². The van der Waals surface area contributed by atoms with Crippen molar-refractivity contribution in [3.8, 4) is 0 Å². The topological polar surface area (TPSA) is 3.24 Å². The molecule has 1 aliphatic carbocycles. The van der Waals surface area contributed by atoms with Gasteiger partial charge in [0.15, 0.2) is 0 Å². The van der Waals surface area contributed by atoms with Crippen molar-refractivity contribution in [1.29, 1.82) is 0 Å². The zero-order valence-corrected chi connectivity index (χ0v) is 13.9. The van der Waals surface area contributed by atoms with Gasteiger partial charge in [0, 0.05) is 6.04 Å². The quantitative estimate of drug-likeness (QED) is 0.708. The SMILES string of the molecule is Cc1c(C)c(C)c2c(c1C)C(C)C(C)CC2N(C)C. The monoisotopic (exact) mass is 259 g/mol. The summed E-state index contributed by atoms with van der Waals surface area (Å²) in [5, 5.41) is 0. The molecule has 1 aliphatic rings. The predicted octanol–water partition coefficient (Wildman–Crippen LogP) is 4.67. The van der Waals surface area contributed by atoms with Gasteiger partial charge in [-0.25, -0.2) is 0 Å². The first-order chi connectivity index (χ1) is 8.77. The Morgan fingerprint density at radius 3 is 1.74 bits per heavy atom. The van der Waals surface area contributed by atoms with E-state index in [1.807, 2.05) is 0 Å². The van der Waals surface area contributed by atoms with E-state index in [-0.39, 0.29) is 0 Å². The molecule has 0 saturated heterocycles. The number of hydrogen-bond acceptors (Lipinski definition) is 1. The molecule has 0 radical (unpaired) electrons. The van der Waals surface area contributed by atoms with Gasteiger partial charge in [-0.15, -0.1) is 0 Å². The van der Waals surface area contributed by atoms with Gasteiger partial charge < -0.3 is 4.90 Å². The number of rotatable bonds is 1. The fourth-order valence-corrected chi connectivity index (χ4v) is 3.81. The average Bonchev–Trinajstić information content (AvgIpc) is 2.36. The summed E-state index contributed by atoms with van der Waals surface area (Å²) in [5.41, 5.74) is 9.30. The molecule has 0 spiro atoms. The minimum atomic E-state index is 0.583. The number of nitrogens with zero attached hydrogens (tertiary/aromatic N) is 1. The molecule has 1 aromatic carbocycles. The van der Waals surface area contributed by atoms with Crippen LogP contribution in [0.5, 0.6) is 0 Å². The molecule has 1 aromatic rings. The van der Waals surface area contributed by atoms with Gasteiger partial charge in [-0.1, -0.05) is 13.8 Å². The van der Waals surface area contributed by atoms with Crippen LogP contribution in [0.4, 0.5) is 0 Å². The molecule has 19 heavy (non-hydrogen) atoms. The number of fused-ring (bicyclic) bond motifs is 1. The lowest BCUT2D eigenvalue weighted by Crippen LogP contribution is -2.31. The van der Waals surface area contributed by atoms with Gasteiger partial charge in [0.25, 0.3) is 0 Å². The number of benzene rings is 1. The highest BCUT2D eigenvalue weighted by atomic mass is 15.1. The number of hydrogen-bond donors (Lipinski definition) is 0. The second-order valence-corrected chi connectivity index (χ2v) is 6.81. The molecule has 0 aromatic heterocycles. The Morgan fingerprint density at radius 1 is 0.789 bits per heavy atom. The Balaban J connectivity index is 2.78. The van der Waals surface area contributed by atoms with Gasteiger partial charge in [0.05, 0.1) is 0 Å². The molecule has 0 bridgehead atoms. The van der Waals surface area contributed by atoms with Crippen LogP contribution in [-0.4, -0.2) is 19.0 Å². The van der Waals surface area contributed by atoms with Gasteiger partial charge in [-0.05, 0) is 93.4 Å². The molecular weight excluding hydrogens is 230 g/mol. The van der Waals surface area contributed by atoms with Gasteiger partial charge in [-0.3, -0.25) is 0 Å². The first kappa shape index (κ1) is 14.6. The third kappa shape index (κ3) is 2.12. The van der Waals surface area contributed by atoms with Crippen molar-refractivity contribution in [2.24, 2.45) is 5.92 Å². The smallest absolute Gasteiger partial charge is 0.0350 e. The summed E-state index contributed by atoms with van der Waals surface area (Å²) in [6, 6.07) is 0.583. The van der Waals surface area contributed by atoms with Crippen LogP contribution in [0.15, 0.2) is 0 Å². The zero-order valence-electron chi connectivity index (χ0n) is 13.9. The van der Waals surface area contributed by atoms with E-state index in [2.05, 4.69) is 60.5 Å². The summed E-state index contributed by atoms with van der Waals surface area (Å²) >= 11 is 0. The molecule has 3 atom stereocenters. The highest BCUT2D eigenvalue weighted by molar-refractivity contribution is 5.53. The summed E-state index contributed by atoms with van der Waals surface area (Å²) in [5.74, 6) is 1.45. The maximum Gasteiger partial charge on any atom is 0.0350 e. The lowest BCUT2D eigenvalue weighted by Gasteiger charge is -2.41. The summed E-state index contributed by atoms with van der Waals surface area (Å²) in [7, 11) is 4.45. The third-order valence-electron chi connectivity index (χ3n) is 5.65. The van der Waals surface area contributed by atoms with Gasteiger partial charge >= 0.3 is 0 Å². The van der Waals surface area contributed by atoms with E-state index in [1.54, 1.807) is 11.1 Å². The minimum Gasteiger partial charge on any atom is -0.302 e. The Morgan fingerprint density at radius 2 is 1.26 bits per heavy atom. The summed E-state index contributed by atoms with van der Waals surface area (Å²) in [6.45, 7) is 14.0. The largest absolute Gasteiger partial charge is 0.302 e. The zero-order chi connectivity index (χ0) is 14.5. The van der Waals surface area contributed by atoms with E-state index in [1.165, 1.54) is 28.7 Å². The first-order valence-corrected chi connectivity index (χ1v) is 7.53. The summed E-state index contributed by atoms with van der Waals surface area (Å²) < 4.78 is 0. The second kappa shape index (κ2) is 4.94. The highest BCUT2D eigenvalue weighted by Crippen LogP contribution is 2.47. The standard InChI is InChI=1S/C18H29N/c1-10-9-16(19(7)8)18-15(6)13(4)12(3)14(5)17(18)11(10)2/h10-11,16H,9H2,1-8H3. The summed E-state index contributed by atoms with van der Waals surface area (Å²) in [4.78, 5) is 2.41. The molecule has 1 heteroatoms. The third-order valence-corrected chi connectivity index (χ3v) is 5.65. The highest BCUT2D eigenvalue weighted by Gasteiger charge is 2.34. The van der Waals surface area contributed by atoms with Crippen molar-refractivity contribution in [3.05, 3.63) is 33.4 Å². The van der Waals surface area contributed by atoms with Gasteiger partial charge in [0.2, 0.25) is 0 Å². The van der Waals surface area contributed by atoms with Crippen molar-refractivity contribution in [2.45, 2.75) is 59.9 Å². The Bertz CT molecular complexity index is 499. The molecule has 0 heterocycles. The molecule has 0 N–H and O–H groups in total. The van der Waals surface area contributed by atoms with E-state index in [0.29, 0.717) is 12.0 Å². The van der Waals surface area contributed by atoms with Gasteiger partial charge in [0.1, 0.15) is 0 Å². The van der Waals surface area contributed by atoms with Crippen molar-refractivity contribution in [3.63, 3.8) is 0 Å². The first-order valence-electron chi connectivity index (χ1n) is 7.53. The van der Waals surface area contributed by atoms with E-state index >= 15 is 0 Å². The van der Waals surface area contributed by atoms with Crippen LogP contribution in [0.2, 0.25) is 0 Å². The van der Waals surface area contributed by atoms with E-state index in [0.717, 1.165) is 5.92 Å². The maximum atomic E-state index is 2.41. The molecule has 2 rings (SSSR count). The molecule has 0 fully saturated rings. The fraction of sp³-hybridized carbons (Fsp3) is 0.667. The van der Waals surface area contributed by atoms with Crippen LogP contribution in [0.1, 0.15) is 65.6 Å². The van der Waals surface area contributed by atoms with E-state index in [4.69, 9.17) is 0 Å². The van der Waals surface area contributed by atoms with Crippen LogP contribution in [0, 0.1) is 33.6 Å². The lowest BCUT2D eigenvalue weighted by molar-refractivity contribution is 0.221. The van der Waals surface area contributed by atoms with Crippen molar-refractivity contribution in [1.82, 2.24) is 4.90 Å². The van der Waals surface area contributed by atoms with E-state index in [9.17, 15) is 0 Å².